The molecular formula is C16H15O5P. The number of hydrogen-bond acceptors (Lipinski definition) is 3. The zero-order valence-electron chi connectivity index (χ0n) is 11.6. The van der Waals surface area contributed by atoms with Gasteiger partial charge >= 0.3 is 11.9 Å². The van der Waals surface area contributed by atoms with Crippen molar-refractivity contribution in [1.29, 1.82) is 0 Å². The molecule has 114 valence electrons. The highest BCUT2D eigenvalue weighted by Gasteiger charge is 2.42. The number of hydrogen-bond donors (Lipinski definition) is 2. The van der Waals surface area contributed by atoms with E-state index in [0.717, 1.165) is 0 Å². The lowest BCUT2D eigenvalue weighted by molar-refractivity contribution is -0.143. The lowest BCUT2D eigenvalue weighted by Crippen LogP contribution is -2.33. The van der Waals surface area contributed by atoms with E-state index >= 15 is 0 Å². The van der Waals surface area contributed by atoms with E-state index in [-0.39, 0.29) is 0 Å². The van der Waals surface area contributed by atoms with Crippen molar-refractivity contribution in [3.63, 3.8) is 0 Å². The number of benzene rings is 2. The molecule has 2 aromatic carbocycles. The van der Waals surface area contributed by atoms with Gasteiger partial charge in [0.15, 0.2) is 7.14 Å². The predicted octanol–water partition coefficient (Wildman–Crippen LogP) is 1.93. The van der Waals surface area contributed by atoms with Crippen molar-refractivity contribution in [2.24, 2.45) is 0 Å². The zero-order chi connectivity index (χ0) is 16.2. The molecule has 1 atom stereocenters. The highest BCUT2D eigenvalue weighted by Crippen LogP contribution is 2.50. The van der Waals surface area contributed by atoms with Gasteiger partial charge in [0.25, 0.3) is 0 Å². The average molecular weight is 318 g/mol. The van der Waals surface area contributed by atoms with Gasteiger partial charge in [0, 0.05) is 10.6 Å². The molecule has 0 saturated carbocycles. The van der Waals surface area contributed by atoms with E-state index in [9.17, 15) is 19.3 Å². The molecule has 2 rings (SSSR count). The average Bonchev–Trinajstić information content (AvgIpc) is 2.53. The Morgan fingerprint density at radius 1 is 0.864 bits per heavy atom. The molecule has 0 aromatic heterocycles. The summed E-state index contributed by atoms with van der Waals surface area (Å²) < 4.78 is 13.6. The molecule has 0 spiro atoms. The smallest absolute Gasteiger partial charge is 0.315 e. The summed E-state index contributed by atoms with van der Waals surface area (Å²) >= 11 is 0. The summed E-state index contributed by atoms with van der Waals surface area (Å²) in [6.45, 7) is 0. The topological polar surface area (TPSA) is 91.7 Å². The summed E-state index contributed by atoms with van der Waals surface area (Å²) in [5, 5.41) is 19.1. The molecule has 0 heterocycles. The molecule has 2 aromatic rings. The van der Waals surface area contributed by atoms with Crippen molar-refractivity contribution >= 4 is 29.7 Å². The Labute approximate surface area is 127 Å². The van der Waals surface area contributed by atoms with Crippen LogP contribution < -0.4 is 10.6 Å². The Kier molecular flexibility index (Phi) is 4.78. The van der Waals surface area contributed by atoms with Crippen molar-refractivity contribution in [1.82, 2.24) is 0 Å². The SMILES string of the molecule is O=C(O)CC(C(=O)O)P(=O)(c1ccccc1)c1ccccc1. The highest BCUT2D eigenvalue weighted by atomic mass is 31.2. The molecule has 0 radical (unpaired) electrons. The monoisotopic (exact) mass is 318 g/mol. The van der Waals surface area contributed by atoms with Crippen LogP contribution in [0.25, 0.3) is 0 Å². The van der Waals surface area contributed by atoms with Crippen LogP contribution in [0.4, 0.5) is 0 Å². The summed E-state index contributed by atoms with van der Waals surface area (Å²) in [5.74, 6) is -2.67. The van der Waals surface area contributed by atoms with E-state index < -0.39 is 31.2 Å². The molecule has 0 amide bonds. The second-order valence-electron chi connectivity index (χ2n) is 4.78. The first-order valence-electron chi connectivity index (χ1n) is 6.62. The minimum absolute atomic E-state index is 0.342. The number of carboxylic acid groups (broad SMARTS) is 2. The number of aliphatic carboxylic acids is 2. The first kappa shape index (κ1) is 16.0. The van der Waals surface area contributed by atoms with Gasteiger partial charge in [-0.3, -0.25) is 9.59 Å². The third-order valence-corrected chi connectivity index (χ3v) is 6.78. The van der Waals surface area contributed by atoms with Gasteiger partial charge < -0.3 is 14.8 Å². The van der Waals surface area contributed by atoms with E-state index in [4.69, 9.17) is 5.11 Å². The van der Waals surface area contributed by atoms with Crippen molar-refractivity contribution in [2.45, 2.75) is 12.1 Å². The summed E-state index contributed by atoms with van der Waals surface area (Å²) in [6, 6.07) is 16.4. The van der Waals surface area contributed by atoms with Gasteiger partial charge in [-0.15, -0.1) is 0 Å². The van der Waals surface area contributed by atoms with Gasteiger partial charge in [-0.2, -0.15) is 0 Å². The van der Waals surface area contributed by atoms with Gasteiger partial charge in [-0.25, -0.2) is 0 Å². The standard InChI is InChI=1S/C16H15O5P/c17-15(18)11-14(16(19)20)22(21,12-7-3-1-4-8-12)13-9-5-2-6-10-13/h1-10,14H,11H2,(H,17,18)(H,19,20). The second kappa shape index (κ2) is 6.58. The van der Waals surface area contributed by atoms with E-state index in [2.05, 4.69) is 0 Å². The van der Waals surface area contributed by atoms with E-state index in [1.165, 1.54) is 0 Å². The van der Waals surface area contributed by atoms with Gasteiger partial charge in [-0.1, -0.05) is 60.7 Å². The van der Waals surface area contributed by atoms with E-state index in [0.29, 0.717) is 10.6 Å². The Morgan fingerprint density at radius 3 is 1.59 bits per heavy atom. The van der Waals surface area contributed by atoms with Crippen molar-refractivity contribution < 1.29 is 24.4 Å². The third-order valence-electron chi connectivity index (χ3n) is 3.37. The molecule has 0 aliphatic rings. The van der Waals surface area contributed by atoms with E-state index in [1.807, 2.05) is 0 Å². The summed E-state index contributed by atoms with van der Waals surface area (Å²) in [5.41, 5.74) is -1.50. The lowest BCUT2D eigenvalue weighted by Gasteiger charge is -2.24. The maximum absolute atomic E-state index is 13.6. The van der Waals surface area contributed by atoms with Gasteiger partial charge in [0.05, 0.1) is 6.42 Å². The van der Waals surface area contributed by atoms with Gasteiger partial charge in [0.1, 0.15) is 5.66 Å². The fraction of sp³-hybridized carbons (Fsp3) is 0.125. The molecule has 6 heteroatoms. The van der Waals surface area contributed by atoms with Crippen LogP contribution in [-0.2, 0) is 14.2 Å². The highest BCUT2D eigenvalue weighted by molar-refractivity contribution is 7.80. The quantitative estimate of drug-likeness (QED) is 0.794. The van der Waals surface area contributed by atoms with Crippen LogP contribution in [0.1, 0.15) is 6.42 Å². The van der Waals surface area contributed by atoms with Crippen molar-refractivity contribution in [3.8, 4) is 0 Å². The Hall–Kier alpha value is -2.39. The Morgan fingerprint density at radius 2 is 1.27 bits per heavy atom. The van der Waals surface area contributed by atoms with Crippen LogP contribution in [-0.4, -0.2) is 27.8 Å². The van der Waals surface area contributed by atoms with Crippen LogP contribution in [0.5, 0.6) is 0 Å². The Balaban J connectivity index is 2.67. The minimum Gasteiger partial charge on any atom is -0.481 e. The summed E-state index contributed by atoms with van der Waals surface area (Å²) in [6.07, 6.45) is -0.698. The largest absolute Gasteiger partial charge is 0.481 e. The number of rotatable bonds is 6. The van der Waals surface area contributed by atoms with Crippen LogP contribution in [0, 0.1) is 0 Å². The van der Waals surface area contributed by atoms with Crippen molar-refractivity contribution in [2.75, 3.05) is 0 Å². The summed E-state index contributed by atoms with van der Waals surface area (Å²) in [4.78, 5) is 22.6. The second-order valence-corrected chi connectivity index (χ2v) is 7.75. The maximum atomic E-state index is 13.6. The molecule has 0 fully saturated rings. The third kappa shape index (κ3) is 3.10. The number of carboxylic acids is 2. The molecule has 0 aliphatic carbocycles. The molecular weight excluding hydrogens is 303 g/mol. The Bertz CT molecular complexity index is 668. The van der Waals surface area contributed by atoms with Crippen LogP contribution in [0.3, 0.4) is 0 Å². The fourth-order valence-corrected chi connectivity index (χ4v) is 5.32. The van der Waals surface area contributed by atoms with Crippen LogP contribution in [0.2, 0.25) is 0 Å². The first-order chi connectivity index (χ1) is 10.5. The molecule has 0 bridgehead atoms. The normalized spacial score (nSPS) is 12.5. The van der Waals surface area contributed by atoms with Crippen LogP contribution >= 0.6 is 7.14 Å². The van der Waals surface area contributed by atoms with Gasteiger partial charge in [0.2, 0.25) is 0 Å². The van der Waals surface area contributed by atoms with Gasteiger partial charge in [-0.05, 0) is 0 Å². The molecule has 1 unspecified atom stereocenters. The van der Waals surface area contributed by atoms with Crippen molar-refractivity contribution in [3.05, 3.63) is 60.7 Å². The molecule has 22 heavy (non-hydrogen) atoms. The maximum Gasteiger partial charge on any atom is 0.315 e. The molecule has 5 nitrogen and oxygen atoms in total. The molecule has 0 aliphatic heterocycles. The predicted molar refractivity (Wildman–Crippen MR) is 83.4 cm³/mol. The minimum atomic E-state index is -3.62. The zero-order valence-corrected chi connectivity index (χ0v) is 12.5. The first-order valence-corrected chi connectivity index (χ1v) is 8.39. The van der Waals surface area contributed by atoms with Crippen LogP contribution in [0.15, 0.2) is 60.7 Å². The number of carbonyl (C=O) groups is 2. The lowest BCUT2D eigenvalue weighted by atomic mass is 10.3. The fourth-order valence-electron chi connectivity index (χ4n) is 2.34. The molecule has 0 saturated heterocycles. The summed E-state index contributed by atoms with van der Waals surface area (Å²) in [7, 11) is -3.62. The van der Waals surface area contributed by atoms with E-state index in [1.54, 1.807) is 60.7 Å². The molecule has 2 N–H and O–H groups in total.